The highest BCUT2D eigenvalue weighted by atomic mass is 16.5. The molecule has 3 rings (SSSR count). The lowest BCUT2D eigenvalue weighted by Crippen LogP contribution is -2.46. The van der Waals surface area contributed by atoms with Crippen LogP contribution >= 0.6 is 0 Å². The SMILES string of the molecule is CCCC[C@](C)(CNC(C)=O)Nc1nc(N)nc2cc(C(=O)NC3CCOC3)cnc12. The van der Waals surface area contributed by atoms with Gasteiger partial charge in [0.05, 0.1) is 29.3 Å². The molecule has 1 saturated heterocycles. The van der Waals surface area contributed by atoms with E-state index in [1.165, 1.54) is 13.1 Å². The highest BCUT2D eigenvalue weighted by Gasteiger charge is 2.26. The van der Waals surface area contributed by atoms with Crippen molar-refractivity contribution >= 4 is 34.6 Å². The summed E-state index contributed by atoms with van der Waals surface area (Å²) < 4.78 is 5.30. The van der Waals surface area contributed by atoms with Crippen LogP contribution in [0.4, 0.5) is 11.8 Å². The molecule has 0 saturated carbocycles. The number of nitrogens with two attached hydrogens (primary N) is 1. The average Bonchev–Trinajstić information content (AvgIpc) is 3.23. The molecule has 0 bridgehead atoms. The topological polar surface area (TPSA) is 144 Å². The lowest BCUT2D eigenvalue weighted by atomic mass is 9.94. The smallest absolute Gasteiger partial charge is 0.253 e. The minimum absolute atomic E-state index is 0.00365. The number of fused-ring (bicyclic) bond motifs is 1. The second kappa shape index (κ2) is 9.86. The Morgan fingerprint density at radius 1 is 1.35 bits per heavy atom. The maximum absolute atomic E-state index is 12.6. The number of anilines is 2. The zero-order valence-corrected chi connectivity index (χ0v) is 18.3. The van der Waals surface area contributed by atoms with Crippen molar-refractivity contribution in [3.8, 4) is 0 Å². The molecule has 2 aromatic heterocycles. The number of carbonyl (C=O) groups is 2. The van der Waals surface area contributed by atoms with E-state index in [9.17, 15) is 9.59 Å². The largest absolute Gasteiger partial charge is 0.379 e. The minimum atomic E-state index is -0.449. The highest BCUT2D eigenvalue weighted by molar-refractivity contribution is 5.98. The second-order valence-corrected chi connectivity index (χ2v) is 8.26. The van der Waals surface area contributed by atoms with E-state index in [0.717, 1.165) is 25.7 Å². The van der Waals surface area contributed by atoms with Crippen LogP contribution in [0.25, 0.3) is 11.0 Å². The minimum Gasteiger partial charge on any atom is -0.379 e. The van der Waals surface area contributed by atoms with Crippen molar-refractivity contribution in [1.29, 1.82) is 0 Å². The fourth-order valence-corrected chi connectivity index (χ4v) is 3.53. The normalized spacial score (nSPS) is 17.8. The zero-order chi connectivity index (χ0) is 22.4. The fraction of sp³-hybridized carbons (Fsp3) is 0.571. The molecule has 2 aromatic rings. The van der Waals surface area contributed by atoms with Crippen LogP contribution in [-0.2, 0) is 9.53 Å². The summed E-state index contributed by atoms with van der Waals surface area (Å²) >= 11 is 0. The van der Waals surface area contributed by atoms with E-state index in [1.54, 1.807) is 6.07 Å². The van der Waals surface area contributed by atoms with E-state index < -0.39 is 5.54 Å². The van der Waals surface area contributed by atoms with Crippen LogP contribution in [0.5, 0.6) is 0 Å². The van der Waals surface area contributed by atoms with Gasteiger partial charge in [-0.25, -0.2) is 9.97 Å². The lowest BCUT2D eigenvalue weighted by molar-refractivity contribution is -0.119. The van der Waals surface area contributed by atoms with Gasteiger partial charge in [-0.3, -0.25) is 9.59 Å². The van der Waals surface area contributed by atoms with Crippen LogP contribution in [-0.4, -0.2) is 58.1 Å². The lowest BCUT2D eigenvalue weighted by Gasteiger charge is -2.32. The molecule has 2 amide bonds. The summed E-state index contributed by atoms with van der Waals surface area (Å²) in [7, 11) is 0. The first-order valence-corrected chi connectivity index (χ1v) is 10.6. The van der Waals surface area contributed by atoms with Crippen molar-refractivity contribution in [1.82, 2.24) is 25.6 Å². The number of nitrogen functional groups attached to an aromatic ring is 1. The Labute approximate surface area is 181 Å². The Morgan fingerprint density at radius 2 is 2.16 bits per heavy atom. The molecule has 5 N–H and O–H groups in total. The average molecular weight is 430 g/mol. The monoisotopic (exact) mass is 429 g/mol. The number of carbonyl (C=O) groups excluding carboxylic acids is 2. The molecule has 1 aliphatic rings. The maximum Gasteiger partial charge on any atom is 0.253 e. The van der Waals surface area contributed by atoms with E-state index in [1.807, 2.05) is 6.92 Å². The van der Waals surface area contributed by atoms with Gasteiger partial charge in [-0.2, -0.15) is 4.98 Å². The third kappa shape index (κ3) is 6.00. The Balaban J connectivity index is 1.87. The zero-order valence-electron chi connectivity index (χ0n) is 18.3. The number of hydrogen-bond donors (Lipinski definition) is 4. The molecule has 3 heterocycles. The van der Waals surface area contributed by atoms with E-state index in [4.69, 9.17) is 10.5 Å². The molecule has 0 aromatic carbocycles. The molecule has 0 radical (unpaired) electrons. The Hall–Kier alpha value is -3.01. The molecule has 168 valence electrons. The molecule has 1 aliphatic heterocycles. The number of aromatic nitrogens is 3. The first-order chi connectivity index (χ1) is 14.8. The number of amides is 2. The predicted octanol–water partition coefficient (Wildman–Crippen LogP) is 1.62. The van der Waals surface area contributed by atoms with Gasteiger partial charge in [0.15, 0.2) is 5.82 Å². The van der Waals surface area contributed by atoms with Crippen LogP contribution in [0.2, 0.25) is 0 Å². The van der Waals surface area contributed by atoms with Crippen molar-refractivity contribution in [2.24, 2.45) is 0 Å². The molecule has 1 fully saturated rings. The van der Waals surface area contributed by atoms with Gasteiger partial charge in [-0.05, 0) is 25.8 Å². The number of ether oxygens (including phenoxy) is 1. The van der Waals surface area contributed by atoms with Crippen LogP contribution in [0.1, 0.15) is 56.8 Å². The summed E-state index contributed by atoms with van der Waals surface area (Å²) in [5, 5.41) is 9.23. The summed E-state index contributed by atoms with van der Waals surface area (Å²) in [5.74, 6) is 0.228. The Bertz CT molecular complexity index is 946. The van der Waals surface area contributed by atoms with Gasteiger partial charge in [-0.15, -0.1) is 0 Å². The predicted molar refractivity (Wildman–Crippen MR) is 119 cm³/mol. The van der Waals surface area contributed by atoms with Gasteiger partial charge in [0.1, 0.15) is 5.52 Å². The molecular weight excluding hydrogens is 398 g/mol. The summed E-state index contributed by atoms with van der Waals surface area (Å²) in [5.41, 5.74) is 6.89. The van der Waals surface area contributed by atoms with Crippen molar-refractivity contribution < 1.29 is 14.3 Å². The summed E-state index contributed by atoms with van der Waals surface area (Å²) in [4.78, 5) is 37.1. The van der Waals surface area contributed by atoms with Gasteiger partial charge >= 0.3 is 0 Å². The Kier molecular flexibility index (Phi) is 7.21. The van der Waals surface area contributed by atoms with Crippen LogP contribution in [0, 0.1) is 0 Å². The van der Waals surface area contributed by atoms with Gasteiger partial charge in [-0.1, -0.05) is 19.8 Å². The standard InChI is InChI=1S/C21H31N7O3/c1-4-5-7-21(3,12-24-13(2)29)28-18-17-16(26-20(22)27-18)9-14(10-23-17)19(30)25-15-6-8-31-11-15/h9-10,15H,4-8,11-12H2,1-3H3,(H,24,29)(H,25,30)(H3,22,26,27,28)/t15?,21-/m1/s1. The van der Waals surface area contributed by atoms with Crippen molar-refractivity contribution in [3.63, 3.8) is 0 Å². The van der Waals surface area contributed by atoms with Gasteiger partial charge in [0.25, 0.3) is 5.91 Å². The highest BCUT2D eigenvalue weighted by Crippen LogP contribution is 2.25. The first kappa shape index (κ1) is 22.7. The number of nitrogens with zero attached hydrogens (tertiary/aromatic N) is 3. The van der Waals surface area contributed by atoms with Crippen molar-refractivity contribution in [3.05, 3.63) is 17.8 Å². The van der Waals surface area contributed by atoms with Crippen molar-refractivity contribution in [2.45, 2.75) is 58.0 Å². The third-order valence-electron chi connectivity index (χ3n) is 5.31. The third-order valence-corrected chi connectivity index (χ3v) is 5.31. The van der Waals surface area contributed by atoms with Gasteiger partial charge < -0.3 is 26.4 Å². The molecule has 0 spiro atoms. The number of hydrogen-bond acceptors (Lipinski definition) is 8. The molecule has 31 heavy (non-hydrogen) atoms. The molecular formula is C21H31N7O3. The molecule has 10 nitrogen and oxygen atoms in total. The first-order valence-electron chi connectivity index (χ1n) is 10.6. The van der Waals surface area contributed by atoms with Crippen LogP contribution in [0.15, 0.2) is 12.3 Å². The molecule has 0 aliphatic carbocycles. The fourth-order valence-electron chi connectivity index (χ4n) is 3.53. The number of rotatable bonds is 9. The number of nitrogens with one attached hydrogen (secondary N) is 3. The maximum atomic E-state index is 12.6. The van der Waals surface area contributed by atoms with Crippen molar-refractivity contribution in [2.75, 3.05) is 30.8 Å². The summed E-state index contributed by atoms with van der Waals surface area (Å²) in [6, 6.07) is 1.66. The van der Waals surface area contributed by atoms with Gasteiger partial charge in [0.2, 0.25) is 11.9 Å². The van der Waals surface area contributed by atoms with Crippen LogP contribution < -0.4 is 21.7 Å². The molecule has 10 heteroatoms. The second-order valence-electron chi connectivity index (χ2n) is 8.26. The van der Waals surface area contributed by atoms with Crippen LogP contribution in [0.3, 0.4) is 0 Å². The molecule has 1 unspecified atom stereocenters. The number of unbranched alkanes of at least 4 members (excludes halogenated alkanes) is 1. The Morgan fingerprint density at radius 3 is 2.84 bits per heavy atom. The molecule has 2 atom stereocenters. The van der Waals surface area contributed by atoms with E-state index in [2.05, 4.69) is 37.8 Å². The summed E-state index contributed by atoms with van der Waals surface area (Å²) in [6.45, 7) is 7.22. The van der Waals surface area contributed by atoms with Gasteiger partial charge in [0, 0.05) is 26.3 Å². The van der Waals surface area contributed by atoms with E-state index in [-0.39, 0.29) is 23.8 Å². The number of pyridine rings is 1. The van der Waals surface area contributed by atoms with E-state index in [0.29, 0.717) is 42.2 Å². The quantitative estimate of drug-likeness (QED) is 0.471. The summed E-state index contributed by atoms with van der Waals surface area (Å²) in [6.07, 6.45) is 5.12. The van der Waals surface area contributed by atoms with E-state index >= 15 is 0 Å².